The first-order valence-corrected chi connectivity index (χ1v) is 5.77. The number of aromatic nitrogens is 1. The van der Waals surface area contributed by atoms with Gasteiger partial charge < -0.3 is 16.0 Å². The van der Waals surface area contributed by atoms with Gasteiger partial charge in [-0.15, -0.1) is 0 Å². The minimum atomic E-state index is -4.51. The van der Waals surface area contributed by atoms with E-state index < -0.39 is 17.6 Å². The second-order valence-electron chi connectivity index (χ2n) is 3.99. The van der Waals surface area contributed by atoms with E-state index in [2.05, 4.69) is 10.3 Å². The number of nitrogens with two attached hydrogens (primary N) is 1. The Morgan fingerprint density at radius 3 is 2.55 bits per heavy atom. The monoisotopic (exact) mass is 303 g/mol. The van der Waals surface area contributed by atoms with Gasteiger partial charge in [0.05, 0.1) is 16.3 Å². The highest BCUT2D eigenvalue weighted by molar-refractivity contribution is 6.33. The lowest BCUT2D eigenvalue weighted by Crippen LogP contribution is -2.14. The van der Waals surface area contributed by atoms with Gasteiger partial charge in [-0.25, -0.2) is 0 Å². The van der Waals surface area contributed by atoms with E-state index in [-0.39, 0.29) is 16.4 Å². The quantitative estimate of drug-likeness (QED) is 0.794. The molecule has 106 valence electrons. The molecule has 0 spiro atoms. The molecule has 0 bridgehead atoms. The minimum absolute atomic E-state index is 0.00544. The minimum Gasteiger partial charge on any atom is -0.397 e. The zero-order valence-corrected chi connectivity index (χ0v) is 10.6. The molecule has 0 atom stereocenters. The molecule has 4 nitrogen and oxygen atoms in total. The number of carbonyl (C=O) groups excluding carboxylic acids is 1. The largest absolute Gasteiger partial charge is 0.416 e. The lowest BCUT2D eigenvalue weighted by Gasteiger charge is -2.11. The molecule has 2 rings (SSSR count). The van der Waals surface area contributed by atoms with Gasteiger partial charge in [0.2, 0.25) is 0 Å². The molecule has 1 amide bonds. The van der Waals surface area contributed by atoms with Gasteiger partial charge in [0, 0.05) is 11.9 Å². The standard InChI is InChI=1S/C12H9ClF3N3O/c13-8-2-1-6(12(14,15)16)3-9(8)19-11(20)10-4-7(17)5-18-10/h1-5,18H,17H2,(H,19,20). The van der Waals surface area contributed by atoms with E-state index in [4.69, 9.17) is 17.3 Å². The van der Waals surface area contributed by atoms with E-state index >= 15 is 0 Å². The van der Waals surface area contributed by atoms with Crippen LogP contribution in [0, 0.1) is 0 Å². The van der Waals surface area contributed by atoms with Gasteiger partial charge in [-0.1, -0.05) is 11.6 Å². The van der Waals surface area contributed by atoms with Crippen LogP contribution >= 0.6 is 11.6 Å². The van der Waals surface area contributed by atoms with Crippen LogP contribution in [0.15, 0.2) is 30.5 Å². The highest BCUT2D eigenvalue weighted by Gasteiger charge is 2.31. The fraction of sp³-hybridized carbons (Fsp3) is 0.0833. The molecule has 2 aromatic rings. The van der Waals surface area contributed by atoms with Crippen LogP contribution in [0.3, 0.4) is 0 Å². The smallest absolute Gasteiger partial charge is 0.397 e. The topological polar surface area (TPSA) is 70.9 Å². The third-order valence-corrected chi connectivity index (χ3v) is 2.82. The third kappa shape index (κ3) is 3.05. The summed E-state index contributed by atoms with van der Waals surface area (Å²) in [5, 5.41) is 2.30. The van der Waals surface area contributed by atoms with Crippen LogP contribution < -0.4 is 11.1 Å². The molecule has 1 heterocycles. The number of anilines is 2. The molecular formula is C12H9ClF3N3O. The average Bonchev–Trinajstić information content (AvgIpc) is 2.77. The number of benzene rings is 1. The molecule has 1 aromatic heterocycles. The van der Waals surface area contributed by atoms with Crippen molar-refractivity contribution < 1.29 is 18.0 Å². The van der Waals surface area contributed by atoms with E-state index in [1.54, 1.807) is 0 Å². The zero-order chi connectivity index (χ0) is 14.9. The van der Waals surface area contributed by atoms with Crippen molar-refractivity contribution in [3.05, 3.63) is 46.7 Å². The molecule has 1 aromatic carbocycles. The fourth-order valence-corrected chi connectivity index (χ4v) is 1.69. The fourth-order valence-electron chi connectivity index (χ4n) is 1.53. The first-order valence-electron chi connectivity index (χ1n) is 5.39. The van der Waals surface area contributed by atoms with Gasteiger partial charge >= 0.3 is 6.18 Å². The Hall–Kier alpha value is -2.15. The molecule has 0 fully saturated rings. The number of alkyl halides is 3. The molecule has 0 aliphatic heterocycles. The summed E-state index contributed by atoms with van der Waals surface area (Å²) >= 11 is 5.77. The van der Waals surface area contributed by atoms with Crippen LogP contribution in [0.4, 0.5) is 24.5 Å². The average molecular weight is 304 g/mol. The Bertz CT molecular complexity index is 652. The number of halogens is 4. The Balaban J connectivity index is 2.27. The van der Waals surface area contributed by atoms with Crippen molar-refractivity contribution in [3.8, 4) is 0 Å². The summed E-state index contributed by atoms with van der Waals surface area (Å²) in [5.41, 5.74) is 4.87. The van der Waals surface area contributed by atoms with E-state index in [9.17, 15) is 18.0 Å². The SMILES string of the molecule is Nc1c[nH]c(C(=O)Nc2cc(C(F)(F)F)ccc2Cl)c1. The number of carbonyl (C=O) groups is 1. The van der Waals surface area contributed by atoms with Crippen molar-refractivity contribution in [1.82, 2.24) is 4.98 Å². The highest BCUT2D eigenvalue weighted by Crippen LogP contribution is 2.33. The number of aromatic amines is 1. The second-order valence-corrected chi connectivity index (χ2v) is 4.40. The summed E-state index contributed by atoms with van der Waals surface area (Å²) in [7, 11) is 0. The summed E-state index contributed by atoms with van der Waals surface area (Å²) in [4.78, 5) is 14.4. The predicted octanol–water partition coefficient (Wildman–Crippen LogP) is 3.52. The van der Waals surface area contributed by atoms with Crippen molar-refractivity contribution in [2.75, 3.05) is 11.1 Å². The molecular weight excluding hydrogens is 295 g/mol. The van der Waals surface area contributed by atoms with Crippen molar-refractivity contribution in [2.45, 2.75) is 6.18 Å². The number of rotatable bonds is 2. The van der Waals surface area contributed by atoms with E-state index in [1.807, 2.05) is 0 Å². The Morgan fingerprint density at radius 2 is 2.00 bits per heavy atom. The molecule has 4 N–H and O–H groups in total. The number of H-pyrrole nitrogens is 1. The normalized spacial score (nSPS) is 11.4. The van der Waals surface area contributed by atoms with E-state index in [1.165, 1.54) is 12.3 Å². The summed E-state index contributed by atoms with van der Waals surface area (Å²) < 4.78 is 37.8. The van der Waals surface area contributed by atoms with Crippen molar-refractivity contribution in [1.29, 1.82) is 0 Å². The molecule has 0 radical (unpaired) electrons. The third-order valence-electron chi connectivity index (χ3n) is 2.49. The van der Waals surface area contributed by atoms with Crippen LogP contribution in [-0.4, -0.2) is 10.9 Å². The van der Waals surface area contributed by atoms with Crippen LogP contribution in [0.2, 0.25) is 5.02 Å². The van der Waals surface area contributed by atoms with Gasteiger partial charge in [-0.2, -0.15) is 13.2 Å². The van der Waals surface area contributed by atoms with Gasteiger partial charge in [-0.3, -0.25) is 4.79 Å². The summed E-state index contributed by atoms with van der Waals surface area (Å²) in [5.74, 6) is -0.636. The molecule has 0 saturated carbocycles. The molecule has 0 unspecified atom stereocenters. The number of nitrogen functional groups attached to an aromatic ring is 1. The van der Waals surface area contributed by atoms with Crippen LogP contribution in [0.1, 0.15) is 16.1 Å². The van der Waals surface area contributed by atoms with E-state index in [0.29, 0.717) is 5.69 Å². The van der Waals surface area contributed by atoms with Gasteiger partial charge in [0.15, 0.2) is 0 Å². The number of hydrogen-bond donors (Lipinski definition) is 3. The molecule has 0 aliphatic carbocycles. The van der Waals surface area contributed by atoms with Crippen molar-refractivity contribution in [3.63, 3.8) is 0 Å². The molecule has 20 heavy (non-hydrogen) atoms. The Labute approximate surface area is 116 Å². The predicted molar refractivity (Wildman–Crippen MR) is 69.6 cm³/mol. The van der Waals surface area contributed by atoms with Gasteiger partial charge in [0.1, 0.15) is 5.69 Å². The molecule has 0 saturated heterocycles. The van der Waals surface area contributed by atoms with E-state index in [0.717, 1.165) is 18.2 Å². The van der Waals surface area contributed by atoms with Gasteiger partial charge in [0.25, 0.3) is 5.91 Å². The second kappa shape index (κ2) is 5.09. The zero-order valence-electron chi connectivity index (χ0n) is 9.88. The summed E-state index contributed by atoms with van der Waals surface area (Å²) in [6.45, 7) is 0. The molecule has 0 aliphatic rings. The number of amides is 1. The van der Waals surface area contributed by atoms with Crippen LogP contribution in [0.25, 0.3) is 0 Å². The Morgan fingerprint density at radius 1 is 1.30 bits per heavy atom. The highest BCUT2D eigenvalue weighted by atomic mass is 35.5. The summed E-state index contributed by atoms with van der Waals surface area (Å²) in [6.07, 6.45) is -3.12. The van der Waals surface area contributed by atoms with Crippen LogP contribution in [-0.2, 0) is 6.18 Å². The molecule has 8 heteroatoms. The van der Waals surface area contributed by atoms with Crippen molar-refractivity contribution in [2.24, 2.45) is 0 Å². The Kier molecular flexibility index (Phi) is 3.63. The van der Waals surface area contributed by atoms with Crippen LogP contribution in [0.5, 0.6) is 0 Å². The first-order chi connectivity index (χ1) is 9.27. The number of hydrogen-bond acceptors (Lipinski definition) is 2. The first kappa shape index (κ1) is 14.3. The lowest BCUT2D eigenvalue weighted by molar-refractivity contribution is -0.137. The maximum absolute atomic E-state index is 12.6. The summed E-state index contributed by atoms with van der Waals surface area (Å²) in [6, 6.07) is 4.04. The number of nitrogens with one attached hydrogen (secondary N) is 2. The lowest BCUT2D eigenvalue weighted by atomic mass is 10.2. The van der Waals surface area contributed by atoms with Crippen molar-refractivity contribution >= 4 is 28.9 Å². The maximum Gasteiger partial charge on any atom is 0.416 e. The maximum atomic E-state index is 12.6. The van der Waals surface area contributed by atoms with Gasteiger partial charge in [-0.05, 0) is 24.3 Å².